The SMILES string of the molecule is CN1C[C@H]2CCc3c(ccn(Cc4ccccc4)c3=O)[C@H]2CC1=O. The molecule has 1 aromatic heterocycles. The number of hydrogen-bond acceptors (Lipinski definition) is 2. The summed E-state index contributed by atoms with van der Waals surface area (Å²) in [6.07, 6.45) is 4.27. The molecule has 2 heterocycles. The highest BCUT2D eigenvalue weighted by atomic mass is 16.2. The molecule has 1 fully saturated rings. The molecule has 124 valence electrons. The molecule has 1 aromatic carbocycles. The van der Waals surface area contributed by atoms with E-state index < -0.39 is 0 Å². The van der Waals surface area contributed by atoms with Crippen LogP contribution in [0.25, 0.3) is 0 Å². The Morgan fingerprint density at radius 1 is 1.12 bits per heavy atom. The Kier molecular flexibility index (Phi) is 3.75. The molecular weight excluding hydrogens is 300 g/mol. The van der Waals surface area contributed by atoms with E-state index in [1.807, 2.05) is 48.5 Å². The lowest BCUT2D eigenvalue weighted by Gasteiger charge is -2.40. The highest BCUT2D eigenvalue weighted by molar-refractivity contribution is 5.78. The van der Waals surface area contributed by atoms with Crippen molar-refractivity contribution in [2.75, 3.05) is 13.6 Å². The van der Waals surface area contributed by atoms with Crippen LogP contribution >= 0.6 is 0 Å². The summed E-state index contributed by atoms with van der Waals surface area (Å²) in [6, 6.07) is 12.1. The predicted molar refractivity (Wildman–Crippen MR) is 93.1 cm³/mol. The van der Waals surface area contributed by atoms with E-state index in [1.54, 1.807) is 4.57 Å². The van der Waals surface area contributed by atoms with Crippen molar-refractivity contribution in [3.8, 4) is 0 Å². The number of likely N-dealkylation sites (tertiary alicyclic amines) is 1. The molecule has 0 spiro atoms. The average Bonchev–Trinajstić information content (AvgIpc) is 2.59. The number of piperidine rings is 1. The molecule has 4 heteroatoms. The van der Waals surface area contributed by atoms with Gasteiger partial charge in [0.1, 0.15) is 0 Å². The standard InChI is InChI=1S/C20H22N2O2/c1-21-13-15-7-8-17-16(18(15)11-19(21)23)9-10-22(20(17)24)12-14-5-3-2-4-6-14/h2-6,9-10,15,18H,7-8,11-13H2,1H3/t15-,18+/m1/s1. The summed E-state index contributed by atoms with van der Waals surface area (Å²) < 4.78 is 1.80. The molecule has 24 heavy (non-hydrogen) atoms. The van der Waals surface area contributed by atoms with Gasteiger partial charge in [0, 0.05) is 31.8 Å². The third kappa shape index (κ3) is 2.56. The molecule has 0 bridgehead atoms. The summed E-state index contributed by atoms with van der Waals surface area (Å²) in [5, 5.41) is 0. The van der Waals surface area contributed by atoms with Gasteiger partial charge in [-0.1, -0.05) is 30.3 Å². The zero-order valence-corrected chi connectivity index (χ0v) is 13.9. The minimum Gasteiger partial charge on any atom is -0.345 e. The zero-order chi connectivity index (χ0) is 16.7. The van der Waals surface area contributed by atoms with Crippen molar-refractivity contribution < 1.29 is 4.79 Å². The number of aromatic nitrogens is 1. The fraction of sp³-hybridized carbons (Fsp3) is 0.400. The summed E-state index contributed by atoms with van der Waals surface area (Å²) >= 11 is 0. The molecule has 1 amide bonds. The first-order chi connectivity index (χ1) is 11.6. The Morgan fingerprint density at radius 3 is 2.71 bits per heavy atom. The van der Waals surface area contributed by atoms with Gasteiger partial charge in [-0.15, -0.1) is 0 Å². The Balaban J connectivity index is 1.68. The van der Waals surface area contributed by atoms with Crippen LogP contribution in [0.2, 0.25) is 0 Å². The first kappa shape index (κ1) is 15.2. The highest BCUT2D eigenvalue weighted by Gasteiger charge is 2.37. The van der Waals surface area contributed by atoms with E-state index >= 15 is 0 Å². The van der Waals surface area contributed by atoms with Gasteiger partial charge < -0.3 is 9.47 Å². The van der Waals surface area contributed by atoms with Crippen molar-refractivity contribution in [3.05, 3.63) is 69.6 Å². The second-order valence-electron chi connectivity index (χ2n) is 7.05. The second kappa shape index (κ2) is 5.93. The molecule has 1 saturated heterocycles. The number of rotatable bonds is 2. The summed E-state index contributed by atoms with van der Waals surface area (Å²) in [5.41, 5.74) is 3.28. The Morgan fingerprint density at radius 2 is 1.92 bits per heavy atom. The van der Waals surface area contributed by atoms with E-state index in [4.69, 9.17) is 0 Å². The lowest BCUT2D eigenvalue weighted by atomic mass is 9.72. The predicted octanol–water partition coefficient (Wildman–Crippen LogP) is 2.40. The smallest absolute Gasteiger partial charge is 0.254 e. The van der Waals surface area contributed by atoms with Crippen molar-refractivity contribution in [1.82, 2.24) is 9.47 Å². The Labute approximate surface area is 141 Å². The maximum absolute atomic E-state index is 12.9. The van der Waals surface area contributed by atoms with E-state index in [1.165, 1.54) is 0 Å². The van der Waals surface area contributed by atoms with E-state index in [-0.39, 0.29) is 17.4 Å². The van der Waals surface area contributed by atoms with Crippen LogP contribution in [0, 0.1) is 5.92 Å². The molecule has 4 rings (SSSR count). The number of carbonyl (C=O) groups is 1. The Bertz CT molecular complexity index is 825. The minimum atomic E-state index is 0.112. The monoisotopic (exact) mass is 322 g/mol. The normalized spacial score (nSPS) is 22.9. The maximum Gasteiger partial charge on any atom is 0.254 e. The van der Waals surface area contributed by atoms with Crippen molar-refractivity contribution >= 4 is 5.91 Å². The van der Waals surface area contributed by atoms with Gasteiger partial charge in [0.05, 0.1) is 6.54 Å². The largest absolute Gasteiger partial charge is 0.345 e. The minimum absolute atomic E-state index is 0.112. The third-order valence-electron chi connectivity index (χ3n) is 5.56. The van der Waals surface area contributed by atoms with E-state index in [2.05, 4.69) is 6.07 Å². The molecule has 2 aliphatic rings. The van der Waals surface area contributed by atoms with Crippen LogP contribution in [-0.4, -0.2) is 29.0 Å². The number of benzene rings is 1. The van der Waals surface area contributed by atoms with Crippen molar-refractivity contribution in [3.63, 3.8) is 0 Å². The molecule has 0 saturated carbocycles. The van der Waals surface area contributed by atoms with E-state index in [9.17, 15) is 9.59 Å². The maximum atomic E-state index is 12.9. The van der Waals surface area contributed by atoms with Crippen LogP contribution in [0.3, 0.4) is 0 Å². The third-order valence-corrected chi connectivity index (χ3v) is 5.56. The first-order valence-corrected chi connectivity index (χ1v) is 8.63. The lowest BCUT2D eigenvalue weighted by molar-refractivity contribution is -0.134. The van der Waals surface area contributed by atoms with Crippen molar-refractivity contribution in [2.24, 2.45) is 5.92 Å². The molecule has 2 atom stereocenters. The average molecular weight is 322 g/mol. The molecule has 1 aliphatic heterocycles. The fourth-order valence-corrected chi connectivity index (χ4v) is 4.22. The van der Waals surface area contributed by atoms with Crippen molar-refractivity contribution in [2.45, 2.75) is 31.7 Å². The molecule has 0 N–H and O–H groups in total. The topological polar surface area (TPSA) is 42.3 Å². The van der Waals surface area contributed by atoms with Gasteiger partial charge in [0.15, 0.2) is 0 Å². The number of pyridine rings is 1. The number of nitrogens with zero attached hydrogens (tertiary/aromatic N) is 2. The number of hydrogen-bond donors (Lipinski definition) is 0. The number of amides is 1. The number of carbonyl (C=O) groups excluding carboxylic acids is 1. The fourth-order valence-electron chi connectivity index (χ4n) is 4.22. The van der Waals surface area contributed by atoms with Gasteiger partial charge in [0.25, 0.3) is 5.56 Å². The molecule has 4 nitrogen and oxygen atoms in total. The van der Waals surface area contributed by atoms with Crippen LogP contribution in [-0.2, 0) is 17.8 Å². The van der Waals surface area contributed by atoms with Crippen LogP contribution < -0.4 is 5.56 Å². The van der Waals surface area contributed by atoms with E-state index in [0.29, 0.717) is 18.9 Å². The van der Waals surface area contributed by atoms with Gasteiger partial charge in [-0.05, 0) is 41.9 Å². The van der Waals surface area contributed by atoms with Gasteiger partial charge in [0.2, 0.25) is 5.91 Å². The van der Waals surface area contributed by atoms with Gasteiger partial charge in [-0.25, -0.2) is 0 Å². The van der Waals surface area contributed by atoms with Gasteiger partial charge >= 0.3 is 0 Å². The van der Waals surface area contributed by atoms with Gasteiger partial charge in [-0.2, -0.15) is 0 Å². The summed E-state index contributed by atoms with van der Waals surface area (Å²) in [4.78, 5) is 26.8. The summed E-state index contributed by atoms with van der Waals surface area (Å²) in [7, 11) is 1.88. The number of fused-ring (bicyclic) bond motifs is 3. The molecule has 0 radical (unpaired) electrons. The molecule has 2 aromatic rings. The second-order valence-corrected chi connectivity index (χ2v) is 7.05. The van der Waals surface area contributed by atoms with Gasteiger partial charge in [-0.3, -0.25) is 9.59 Å². The van der Waals surface area contributed by atoms with Crippen LogP contribution in [0.1, 0.15) is 35.4 Å². The molecule has 1 aliphatic carbocycles. The van der Waals surface area contributed by atoms with Crippen LogP contribution in [0.15, 0.2) is 47.4 Å². The van der Waals surface area contributed by atoms with E-state index in [0.717, 1.165) is 36.1 Å². The molecule has 0 unspecified atom stereocenters. The zero-order valence-electron chi connectivity index (χ0n) is 13.9. The first-order valence-electron chi connectivity index (χ1n) is 8.63. The highest BCUT2D eigenvalue weighted by Crippen LogP contribution is 2.40. The van der Waals surface area contributed by atoms with Crippen LogP contribution in [0.4, 0.5) is 0 Å². The van der Waals surface area contributed by atoms with Crippen LogP contribution in [0.5, 0.6) is 0 Å². The molecular formula is C20H22N2O2. The summed E-state index contributed by atoms with van der Waals surface area (Å²) in [6.45, 7) is 1.42. The lowest BCUT2D eigenvalue weighted by Crippen LogP contribution is -2.44. The summed E-state index contributed by atoms with van der Waals surface area (Å²) in [5.74, 6) is 0.902. The van der Waals surface area contributed by atoms with Crippen molar-refractivity contribution in [1.29, 1.82) is 0 Å². The quantitative estimate of drug-likeness (QED) is 0.852. The Hall–Kier alpha value is -2.36.